The molecule has 0 saturated carbocycles. The van der Waals surface area contributed by atoms with Gasteiger partial charge >= 0.3 is 0 Å². The van der Waals surface area contributed by atoms with Crippen LogP contribution in [0, 0.1) is 5.82 Å². The second-order valence-electron chi connectivity index (χ2n) is 9.28. The van der Waals surface area contributed by atoms with Crippen molar-refractivity contribution in [2.75, 3.05) is 48.9 Å². The highest BCUT2D eigenvalue weighted by Gasteiger charge is 2.27. The standard InChI is InChI=1S/C27H26ClF2N7S/c28-19-13-23(26(30)25(14-19)34-38-36-15-20(29)16-36)24-17-37(33-27(24)18-5-7-31-8-6-18)22-3-1-21(2-4-22)35-11-9-32-10-12-35/h1-8,13-14,17,20,32,34H,9-12,15-16H2. The Morgan fingerprint density at radius 1 is 0.974 bits per heavy atom. The molecule has 2 aliphatic heterocycles. The fraction of sp³-hybridized carbons (Fsp3) is 0.259. The van der Waals surface area contributed by atoms with Crippen molar-refractivity contribution in [1.29, 1.82) is 0 Å². The maximum Gasteiger partial charge on any atom is 0.155 e. The van der Waals surface area contributed by atoms with Gasteiger partial charge in [0.15, 0.2) is 5.82 Å². The summed E-state index contributed by atoms with van der Waals surface area (Å²) in [7, 11) is 0. The lowest BCUT2D eigenvalue weighted by atomic mass is 10.0. The molecule has 0 unspecified atom stereocenters. The fourth-order valence-corrected chi connectivity index (χ4v) is 5.67. The predicted octanol–water partition coefficient (Wildman–Crippen LogP) is 5.43. The number of hydrogen-bond acceptors (Lipinski definition) is 7. The first-order chi connectivity index (χ1) is 18.5. The number of pyridine rings is 1. The van der Waals surface area contributed by atoms with E-state index in [1.165, 1.54) is 18.2 Å². The third-order valence-electron chi connectivity index (χ3n) is 6.68. The van der Waals surface area contributed by atoms with E-state index >= 15 is 4.39 Å². The molecule has 7 nitrogen and oxygen atoms in total. The minimum atomic E-state index is -0.844. The number of halogens is 3. The Labute approximate surface area is 229 Å². The van der Waals surface area contributed by atoms with Crippen LogP contribution < -0.4 is 14.9 Å². The van der Waals surface area contributed by atoms with Gasteiger partial charge < -0.3 is 14.9 Å². The van der Waals surface area contributed by atoms with E-state index in [2.05, 4.69) is 32.1 Å². The number of nitrogens with zero attached hydrogens (tertiary/aromatic N) is 5. The largest absolute Gasteiger partial charge is 0.369 e. The van der Waals surface area contributed by atoms with Crippen molar-refractivity contribution in [2.45, 2.75) is 6.17 Å². The molecule has 2 saturated heterocycles. The second-order valence-corrected chi connectivity index (χ2v) is 10.6. The molecule has 0 spiro atoms. The Morgan fingerprint density at radius 3 is 2.39 bits per heavy atom. The van der Waals surface area contributed by atoms with Crippen LogP contribution in [-0.4, -0.2) is 64.5 Å². The first kappa shape index (κ1) is 25.1. The third kappa shape index (κ3) is 5.22. The van der Waals surface area contributed by atoms with E-state index in [0.717, 1.165) is 43.1 Å². The van der Waals surface area contributed by atoms with Crippen LogP contribution in [0.4, 0.5) is 20.2 Å². The number of nitrogens with one attached hydrogen (secondary N) is 2. The third-order valence-corrected chi connectivity index (χ3v) is 7.77. The molecule has 0 bridgehead atoms. The van der Waals surface area contributed by atoms with Crippen molar-refractivity contribution in [1.82, 2.24) is 24.4 Å². The van der Waals surface area contributed by atoms with Crippen LogP contribution in [0.3, 0.4) is 0 Å². The molecule has 2 aromatic carbocycles. The molecule has 6 rings (SSSR count). The number of anilines is 2. The molecule has 196 valence electrons. The molecule has 2 aromatic heterocycles. The van der Waals surface area contributed by atoms with Crippen LogP contribution in [0.2, 0.25) is 5.02 Å². The van der Waals surface area contributed by atoms with Gasteiger partial charge in [-0.05, 0) is 48.5 Å². The Bertz CT molecular complexity index is 1410. The zero-order valence-corrected chi connectivity index (χ0v) is 22.0. The van der Waals surface area contributed by atoms with E-state index < -0.39 is 12.0 Å². The van der Waals surface area contributed by atoms with Gasteiger partial charge in [0.1, 0.15) is 11.9 Å². The van der Waals surface area contributed by atoms with E-state index in [1.807, 2.05) is 30.5 Å². The van der Waals surface area contributed by atoms with Gasteiger partial charge in [0.25, 0.3) is 0 Å². The van der Waals surface area contributed by atoms with Gasteiger partial charge in [-0.25, -0.2) is 17.8 Å². The molecule has 0 radical (unpaired) electrons. The normalized spacial score (nSPS) is 16.4. The smallest absolute Gasteiger partial charge is 0.155 e. The van der Waals surface area contributed by atoms with Crippen LogP contribution in [0.1, 0.15) is 0 Å². The van der Waals surface area contributed by atoms with Gasteiger partial charge in [0, 0.05) is 97.4 Å². The van der Waals surface area contributed by atoms with Crippen molar-refractivity contribution < 1.29 is 8.78 Å². The van der Waals surface area contributed by atoms with E-state index in [4.69, 9.17) is 16.7 Å². The average molecular weight is 554 g/mol. The minimum absolute atomic E-state index is 0.230. The van der Waals surface area contributed by atoms with Gasteiger partial charge in [-0.3, -0.25) is 4.98 Å². The zero-order chi connectivity index (χ0) is 26.1. The van der Waals surface area contributed by atoms with Crippen LogP contribution in [-0.2, 0) is 0 Å². The van der Waals surface area contributed by atoms with Crippen molar-refractivity contribution in [2.24, 2.45) is 0 Å². The molecule has 2 N–H and O–H groups in total. The van der Waals surface area contributed by atoms with Crippen LogP contribution >= 0.6 is 23.7 Å². The number of hydrogen-bond donors (Lipinski definition) is 2. The van der Waals surface area contributed by atoms with E-state index in [-0.39, 0.29) is 5.69 Å². The lowest BCUT2D eigenvalue weighted by Gasteiger charge is -2.32. The molecular formula is C27H26ClF2N7S. The second kappa shape index (κ2) is 10.9. The topological polar surface area (TPSA) is 61.2 Å². The van der Waals surface area contributed by atoms with Gasteiger partial charge in [0.2, 0.25) is 0 Å². The van der Waals surface area contributed by atoms with Gasteiger partial charge in [-0.15, -0.1) is 0 Å². The molecule has 38 heavy (non-hydrogen) atoms. The first-order valence-corrected chi connectivity index (χ1v) is 13.6. The molecule has 2 aliphatic rings. The van der Waals surface area contributed by atoms with Crippen molar-refractivity contribution in [3.8, 4) is 28.1 Å². The van der Waals surface area contributed by atoms with Crippen molar-refractivity contribution in [3.63, 3.8) is 0 Å². The number of aromatic nitrogens is 3. The highest BCUT2D eigenvalue weighted by molar-refractivity contribution is 7.98. The van der Waals surface area contributed by atoms with Crippen LogP contribution in [0.25, 0.3) is 28.1 Å². The SMILES string of the molecule is Fc1c(NSN2CC(F)C2)cc(Cl)cc1-c1cn(-c2ccc(N3CCNCC3)cc2)nc1-c1ccncc1. The summed E-state index contributed by atoms with van der Waals surface area (Å²) >= 11 is 7.61. The quantitative estimate of drug-likeness (QED) is 0.296. The Balaban J connectivity index is 1.36. The summed E-state index contributed by atoms with van der Waals surface area (Å²) in [4.78, 5) is 6.46. The summed E-state index contributed by atoms with van der Waals surface area (Å²) in [5.74, 6) is -0.455. The van der Waals surface area contributed by atoms with Crippen molar-refractivity contribution in [3.05, 3.63) is 78.0 Å². The molecule has 11 heteroatoms. The Kier molecular flexibility index (Phi) is 7.20. The molecule has 0 amide bonds. The Hall–Kier alpha value is -3.18. The van der Waals surface area contributed by atoms with Crippen molar-refractivity contribution >= 4 is 35.1 Å². The number of piperazine rings is 1. The maximum absolute atomic E-state index is 15.9. The summed E-state index contributed by atoms with van der Waals surface area (Å²) < 4.78 is 35.6. The number of alkyl halides is 1. The molecule has 0 aliphatic carbocycles. The van der Waals surface area contributed by atoms with Crippen LogP contribution in [0.15, 0.2) is 67.1 Å². The predicted molar refractivity (Wildman–Crippen MR) is 150 cm³/mol. The lowest BCUT2D eigenvalue weighted by Crippen LogP contribution is -2.44. The minimum Gasteiger partial charge on any atom is -0.369 e. The van der Waals surface area contributed by atoms with Crippen LogP contribution in [0.5, 0.6) is 0 Å². The molecule has 4 heterocycles. The highest BCUT2D eigenvalue weighted by Crippen LogP contribution is 2.38. The van der Waals surface area contributed by atoms with Gasteiger partial charge in [-0.2, -0.15) is 5.10 Å². The molecule has 4 aromatic rings. The molecule has 2 fully saturated rings. The summed E-state index contributed by atoms with van der Waals surface area (Å²) in [6.07, 6.45) is 4.35. The molecular weight excluding hydrogens is 528 g/mol. The monoisotopic (exact) mass is 553 g/mol. The lowest BCUT2D eigenvalue weighted by molar-refractivity contribution is 0.154. The van der Waals surface area contributed by atoms with E-state index in [1.54, 1.807) is 27.4 Å². The van der Waals surface area contributed by atoms with Gasteiger partial charge in [-0.1, -0.05) is 11.6 Å². The first-order valence-electron chi connectivity index (χ1n) is 12.4. The Morgan fingerprint density at radius 2 is 1.68 bits per heavy atom. The highest BCUT2D eigenvalue weighted by atomic mass is 35.5. The van der Waals surface area contributed by atoms with Gasteiger partial charge in [0.05, 0.1) is 11.4 Å². The zero-order valence-electron chi connectivity index (χ0n) is 20.4. The number of benzene rings is 2. The van der Waals surface area contributed by atoms with E-state index in [0.29, 0.717) is 34.9 Å². The summed E-state index contributed by atoms with van der Waals surface area (Å²) in [6.45, 7) is 4.47. The summed E-state index contributed by atoms with van der Waals surface area (Å²) in [5.41, 5.74) is 4.60. The maximum atomic E-state index is 15.9. The number of rotatable bonds is 7. The summed E-state index contributed by atoms with van der Waals surface area (Å²) in [5, 5.41) is 8.61. The summed E-state index contributed by atoms with van der Waals surface area (Å²) in [6, 6.07) is 15.0. The average Bonchev–Trinajstić information content (AvgIpc) is 3.38. The fourth-order valence-electron chi connectivity index (χ4n) is 4.60. The molecule has 0 atom stereocenters. The van der Waals surface area contributed by atoms with E-state index in [9.17, 15) is 4.39 Å².